The summed E-state index contributed by atoms with van der Waals surface area (Å²) >= 11 is 0. The molecule has 0 heterocycles. The summed E-state index contributed by atoms with van der Waals surface area (Å²) in [5.74, 6) is 0. The minimum absolute atomic E-state index is 0.0621. The van der Waals surface area contributed by atoms with Crippen molar-refractivity contribution in [2.75, 3.05) is 6.61 Å². The van der Waals surface area contributed by atoms with Crippen molar-refractivity contribution in [3.63, 3.8) is 0 Å². The predicted octanol–water partition coefficient (Wildman–Crippen LogP) is 0.959. The fourth-order valence-corrected chi connectivity index (χ4v) is 0.112. The van der Waals surface area contributed by atoms with Gasteiger partial charge < -0.3 is 4.74 Å². The third-order valence-electron chi connectivity index (χ3n) is 0.312. The molecule has 0 N–H and O–H groups in total. The summed E-state index contributed by atoms with van der Waals surface area (Å²) in [6.07, 6.45) is -5.82. The van der Waals surface area contributed by atoms with Gasteiger partial charge in [-0.15, -0.1) is 0 Å². The number of carbonyl (C=O) groups is 1. The Labute approximate surface area is 53.3 Å². The lowest BCUT2D eigenvalue weighted by Crippen LogP contribution is -1.88. The van der Waals surface area contributed by atoms with Crippen molar-refractivity contribution in [2.24, 2.45) is 0 Å². The van der Waals surface area contributed by atoms with Gasteiger partial charge >= 0.3 is 0 Å². The highest BCUT2D eigenvalue weighted by molar-refractivity contribution is 5.36. The molecule has 0 aliphatic rings. The Balaban J connectivity index is 4.77. The summed E-state index contributed by atoms with van der Waals surface area (Å²) in [5, 5.41) is 0. The van der Waals surface area contributed by atoms with Crippen LogP contribution in [0.2, 0.25) is 0 Å². The molecule has 2 heteroatoms. The van der Waals surface area contributed by atoms with E-state index in [2.05, 4.69) is 4.74 Å². The Kier molecular flexibility index (Phi) is 0.973. The normalized spacial score (nSPS) is 28.9. The number of rotatable bonds is 4. The number of ether oxygens (including phenoxy) is 1. The van der Waals surface area contributed by atoms with E-state index < -0.39 is 26.2 Å². The second kappa shape index (κ2) is 5.47. The van der Waals surface area contributed by atoms with E-state index >= 15 is 0 Å². The van der Waals surface area contributed by atoms with Crippen LogP contribution in [-0.2, 0) is 9.53 Å². The first-order valence-electron chi connectivity index (χ1n) is 5.11. The zero-order valence-corrected chi connectivity index (χ0v) is 3.60. The molecule has 2 nitrogen and oxygen atoms in total. The van der Waals surface area contributed by atoms with Crippen molar-refractivity contribution in [1.29, 1.82) is 0 Å². The van der Waals surface area contributed by atoms with Crippen LogP contribution in [0.15, 0.2) is 0 Å². The highest BCUT2D eigenvalue weighted by atomic mass is 16.5. The molecule has 0 saturated carbocycles. The fraction of sp³-hybridized carbons (Fsp3) is 0.800. The Hall–Kier alpha value is -0.530. The zero-order valence-electron chi connectivity index (χ0n) is 10.6. The fourth-order valence-electron chi connectivity index (χ4n) is 0.112. The van der Waals surface area contributed by atoms with Crippen molar-refractivity contribution < 1.29 is 19.1 Å². The molecule has 42 valence electrons. The first kappa shape index (κ1) is 1.24. The second-order valence-electron chi connectivity index (χ2n) is 0.709. The third kappa shape index (κ3) is 5.47. The lowest BCUT2D eigenvalue weighted by Gasteiger charge is -1.90. The summed E-state index contributed by atoms with van der Waals surface area (Å²) < 4.78 is 52.9. The van der Waals surface area contributed by atoms with E-state index in [0.29, 0.717) is 0 Å². The quantitative estimate of drug-likeness (QED) is 0.502. The first-order valence-corrected chi connectivity index (χ1v) is 1.61. The summed E-state index contributed by atoms with van der Waals surface area (Å²) in [5.41, 5.74) is 0. The lowest BCUT2D eigenvalue weighted by atomic mass is 10.4. The van der Waals surface area contributed by atoms with E-state index in [4.69, 9.17) is 9.60 Å². The molecule has 0 fully saturated rings. The topological polar surface area (TPSA) is 26.3 Å². The van der Waals surface area contributed by atoms with E-state index in [0.717, 1.165) is 0 Å². The van der Waals surface area contributed by atoms with E-state index in [9.17, 15) is 4.79 Å². The third-order valence-corrected chi connectivity index (χ3v) is 0.312. The zero-order chi connectivity index (χ0) is 11.6. The minimum atomic E-state index is -3.11. The molecule has 0 aromatic carbocycles. The van der Waals surface area contributed by atoms with E-state index in [1.165, 1.54) is 0 Å². The number of hydrogen-bond donors (Lipinski definition) is 0. The van der Waals surface area contributed by atoms with Crippen LogP contribution in [0.1, 0.15) is 29.2 Å². The Morgan fingerprint density at radius 1 is 2.14 bits per heavy atom. The Morgan fingerprint density at radius 3 is 3.57 bits per heavy atom. The highest BCUT2D eigenvalue weighted by Crippen LogP contribution is 1.83. The SMILES string of the molecule is [2H]C([2H])([2H])C([2H])([2H])C([2H])([2H])COC=O. The predicted molar refractivity (Wildman–Crippen MR) is 26.9 cm³/mol. The average molecular weight is 109 g/mol. The molecule has 0 aliphatic carbocycles. The van der Waals surface area contributed by atoms with Gasteiger partial charge in [0.1, 0.15) is 0 Å². The van der Waals surface area contributed by atoms with Gasteiger partial charge in [0.05, 0.1) is 6.61 Å². The summed E-state index contributed by atoms with van der Waals surface area (Å²) in [6.45, 7) is -4.10. The van der Waals surface area contributed by atoms with Crippen LogP contribution < -0.4 is 0 Å². The van der Waals surface area contributed by atoms with Crippen LogP contribution in [0.4, 0.5) is 0 Å². The maximum absolute atomic E-state index is 9.78. The van der Waals surface area contributed by atoms with Crippen LogP contribution >= 0.6 is 0 Å². The number of carbonyl (C=O) groups excluding carboxylic acids is 1. The van der Waals surface area contributed by atoms with Gasteiger partial charge in [0.15, 0.2) is 0 Å². The van der Waals surface area contributed by atoms with Crippen LogP contribution in [0, 0.1) is 0 Å². The Bertz CT molecular complexity index is 209. The van der Waals surface area contributed by atoms with Crippen molar-refractivity contribution in [3.8, 4) is 0 Å². The molecule has 0 saturated heterocycles. The van der Waals surface area contributed by atoms with Crippen molar-refractivity contribution >= 4 is 6.47 Å². The van der Waals surface area contributed by atoms with Crippen LogP contribution in [0.25, 0.3) is 0 Å². The molecule has 0 spiro atoms. The standard InChI is InChI=1S/C5H10O2/c1-2-3-4-7-5-6/h5H,2-4H2,1H3/i1D3,2D2,3D2. The van der Waals surface area contributed by atoms with Gasteiger partial charge in [0.25, 0.3) is 6.47 Å². The maximum Gasteiger partial charge on any atom is 0.293 e. The van der Waals surface area contributed by atoms with Crippen LogP contribution in [0.3, 0.4) is 0 Å². The van der Waals surface area contributed by atoms with Gasteiger partial charge in [0.2, 0.25) is 0 Å². The van der Waals surface area contributed by atoms with Gasteiger partial charge in [-0.25, -0.2) is 0 Å². The van der Waals surface area contributed by atoms with Gasteiger partial charge in [-0.3, -0.25) is 4.79 Å². The smallest absolute Gasteiger partial charge is 0.293 e. The summed E-state index contributed by atoms with van der Waals surface area (Å²) in [6, 6.07) is 0. The minimum Gasteiger partial charge on any atom is -0.468 e. The van der Waals surface area contributed by atoms with E-state index in [1.807, 2.05) is 0 Å². The molecule has 7 heavy (non-hydrogen) atoms. The summed E-state index contributed by atoms with van der Waals surface area (Å²) in [7, 11) is 0. The molecule has 0 unspecified atom stereocenters. The molecule has 0 atom stereocenters. The molecule has 0 rings (SSSR count). The van der Waals surface area contributed by atoms with Crippen molar-refractivity contribution in [1.82, 2.24) is 0 Å². The average Bonchev–Trinajstić information content (AvgIpc) is 1.98. The van der Waals surface area contributed by atoms with E-state index in [1.54, 1.807) is 0 Å². The largest absolute Gasteiger partial charge is 0.468 e. The van der Waals surface area contributed by atoms with Crippen LogP contribution in [0.5, 0.6) is 0 Å². The first-order chi connectivity index (χ1) is 6.06. The van der Waals surface area contributed by atoms with Gasteiger partial charge in [-0.05, 0) is 6.37 Å². The molecule has 0 bridgehead atoms. The number of hydrogen-bond acceptors (Lipinski definition) is 2. The van der Waals surface area contributed by atoms with Crippen molar-refractivity contribution in [2.45, 2.75) is 19.6 Å². The monoisotopic (exact) mass is 109 g/mol. The maximum atomic E-state index is 9.78. The molecule has 0 radical (unpaired) electrons. The molecular weight excluding hydrogens is 92.1 g/mol. The molecule has 0 aromatic heterocycles. The Morgan fingerprint density at radius 2 is 3.00 bits per heavy atom. The molecule has 0 aromatic rings. The highest BCUT2D eigenvalue weighted by Gasteiger charge is 1.78. The summed E-state index contributed by atoms with van der Waals surface area (Å²) in [4.78, 5) is 9.78. The van der Waals surface area contributed by atoms with Gasteiger partial charge in [-0.1, -0.05) is 13.2 Å². The lowest BCUT2D eigenvalue weighted by molar-refractivity contribution is -0.128. The molecule has 0 amide bonds. The molecule has 0 aliphatic heterocycles. The van der Waals surface area contributed by atoms with E-state index in [-0.39, 0.29) is 6.47 Å². The van der Waals surface area contributed by atoms with Crippen molar-refractivity contribution in [3.05, 3.63) is 0 Å². The van der Waals surface area contributed by atoms with Gasteiger partial charge in [0, 0.05) is 9.60 Å². The second-order valence-corrected chi connectivity index (χ2v) is 0.709. The molecular formula is C5H10O2. The van der Waals surface area contributed by atoms with Gasteiger partial charge in [-0.2, -0.15) is 0 Å². The van der Waals surface area contributed by atoms with Crippen LogP contribution in [-0.4, -0.2) is 13.1 Å².